The van der Waals surface area contributed by atoms with Gasteiger partial charge in [0, 0.05) is 37.6 Å². The van der Waals surface area contributed by atoms with Gasteiger partial charge in [0.1, 0.15) is 0 Å². The average molecular weight is 314 g/mol. The third-order valence-electron chi connectivity index (χ3n) is 4.60. The molecule has 2 aliphatic rings. The van der Waals surface area contributed by atoms with Crippen molar-refractivity contribution in [2.45, 2.75) is 62.7 Å². The van der Waals surface area contributed by atoms with Crippen molar-refractivity contribution in [3.05, 3.63) is 0 Å². The summed E-state index contributed by atoms with van der Waals surface area (Å²) in [5.41, 5.74) is 0. The molecule has 0 bridgehead atoms. The third kappa shape index (κ3) is 5.37. The van der Waals surface area contributed by atoms with E-state index in [1.807, 2.05) is 7.05 Å². The number of hydrogen-bond acceptors (Lipinski definition) is 3. The van der Waals surface area contributed by atoms with Gasteiger partial charge in [-0.25, -0.2) is 0 Å². The van der Waals surface area contributed by atoms with Crippen LogP contribution in [0, 0.1) is 0 Å². The minimum atomic E-state index is 0.317. The van der Waals surface area contributed by atoms with Crippen LogP contribution in [0.4, 0.5) is 0 Å². The van der Waals surface area contributed by atoms with Gasteiger partial charge in [0.2, 0.25) is 0 Å². The normalized spacial score (nSPS) is 23.8. The fourth-order valence-corrected chi connectivity index (χ4v) is 4.54. The molecule has 0 unspecified atom stereocenters. The molecule has 1 heterocycles. The summed E-state index contributed by atoms with van der Waals surface area (Å²) in [5.74, 6) is 2.14. The molecular weight excluding hydrogens is 282 g/mol. The topological polar surface area (TPSA) is 45.7 Å². The molecule has 1 saturated heterocycles. The smallest absolute Gasteiger partial charge is 0.191 e. The van der Waals surface area contributed by atoms with Crippen LogP contribution in [0.1, 0.15) is 51.9 Å². The molecule has 1 aliphatic carbocycles. The van der Waals surface area contributed by atoms with E-state index in [1.54, 1.807) is 0 Å². The second-order valence-corrected chi connectivity index (χ2v) is 7.87. The van der Waals surface area contributed by atoms with Gasteiger partial charge in [-0.15, -0.1) is 0 Å². The summed E-state index contributed by atoms with van der Waals surface area (Å²) in [6, 6.07) is 0.606. The zero-order chi connectivity index (χ0) is 15.0. The van der Waals surface area contributed by atoms with Crippen molar-refractivity contribution < 1.29 is 4.74 Å². The largest absolute Gasteiger partial charge is 0.381 e. The fourth-order valence-electron chi connectivity index (χ4n) is 3.30. The van der Waals surface area contributed by atoms with Crippen molar-refractivity contribution in [3.8, 4) is 0 Å². The highest BCUT2D eigenvalue weighted by molar-refractivity contribution is 8.00. The molecular formula is C16H31N3OS. The van der Waals surface area contributed by atoms with Crippen molar-refractivity contribution in [2.24, 2.45) is 4.99 Å². The summed E-state index contributed by atoms with van der Waals surface area (Å²) >= 11 is 2.07. The van der Waals surface area contributed by atoms with Gasteiger partial charge >= 0.3 is 0 Å². The van der Waals surface area contributed by atoms with E-state index < -0.39 is 0 Å². The molecule has 0 radical (unpaired) electrons. The minimum Gasteiger partial charge on any atom is -0.381 e. The lowest BCUT2D eigenvalue weighted by Crippen LogP contribution is -2.50. The van der Waals surface area contributed by atoms with Gasteiger partial charge in [0.05, 0.1) is 0 Å². The van der Waals surface area contributed by atoms with Crippen molar-refractivity contribution in [1.82, 2.24) is 10.6 Å². The molecule has 2 fully saturated rings. The summed E-state index contributed by atoms with van der Waals surface area (Å²) < 4.78 is 5.86. The summed E-state index contributed by atoms with van der Waals surface area (Å²) in [7, 11) is 1.88. The van der Waals surface area contributed by atoms with Crippen LogP contribution in [-0.2, 0) is 4.74 Å². The molecule has 0 atom stereocenters. The first-order valence-electron chi connectivity index (χ1n) is 8.47. The molecule has 5 heteroatoms. The van der Waals surface area contributed by atoms with Crippen LogP contribution in [0.5, 0.6) is 0 Å². The van der Waals surface area contributed by atoms with E-state index in [4.69, 9.17) is 4.74 Å². The lowest BCUT2D eigenvalue weighted by molar-refractivity contribution is 0.0782. The monoisotopic (exact) mass is 313 g/mol. The lowest BCUT2D eigenvalue weighted by Gasteiger charge is -2.37. The number of nitrogens with one attached hydrogen (secondary N) is 2. The quantitative estimate of drug-likeness (QED) is 0.605. The average Bonchev–Trinajstić information content (AvgIpc) is 2.53. The standard InChI is InChI=1S/C16H31N3OS/c1-3-21-16(9-11-20-12-10-16)13-18-15(17-2)19-14-7-5-4-6-8-14/h14H,3-13H2,1-2H3,(H2,17,18,19). The second kappa shape index (κ2) is 8.89. The summed E-state index contributed by atoms with van der Waals surface area (Å²) in [6.45, 7) is 5.02. The van der Waals surface area contributed by atoms with Crippen molar-refractivity contribution >= 4 is 17.7 Å². The number of ether oxygens (including phenoxy) is 1. The van der Waals surface area contributed by atoms with Crippen molar-refractivity contribution in [2.75, 3.05) is 32.6 Å². The van der Waals surface area contributed by atoms with Crippen molar-refractivity contribution in [3.63, 3.8) is 0 Å². The summed E-state index contributed by atoms with van der Waals surface area (Å²) in [4.78, 5) is 4.41. The first-order chi connectivity index (χ1) is 10.3. The van der Waals surface area contributed by atoms with E-state index in [0.29, 0.717) is 10.8 Å². The van der Waals surface area contributed by atoms with E-state index in [-0.39, 0.29) is 0 Å². The predicted molar refractivity (Wildman–Crippen MR) is 92.3 cm³/mol. The molecule has 0 aromatic rings. The molecule has 1 aliphatic heterocycles. The maximum atomic E-state index is 5.54. The molecule has 1 saturated carbocycles. The predicted octanol–water partition coefficient (Wildman–Crippen LogP) is 2.79. The maximum absolute atomic E-state index is 5.54. The zero-order valence-corrected chi connectivity index (χ0v) is 14.4. The molecule has 0 aromatic carbocycles. The van der Waals surface area contributed by atoms with E-state index in [9.17, 15) is 0 Å². The first-order valence-corrected chi connectivity index (χ1v) is 9.45. The van der Waals surface area contributed by atoms with E-state index >= 15 is 0 Å². The summed E-state index contributed by atoms with van der Waals surface area (Å²) in [6.07, 6.45) is 8.92. The Morgan fingerprint density at radius 3 is 2.57 bits per heavy atom. The molecule has 2 rings (SSSR count). The van der Waals surface area contributed by atoms with Crippen molar-refractivity contribution in [1.29, 1.82) is 0 Å². The van der Waals surface area contributed by atoms with Crippen LogP contribution in [0.2, 0.25) is 0 Å². The Morgan fingerprint density at radius 2 is 1.95 bits per heavy atom. The van der Waals surface area contributed by atoms with Crippen LogP contribution >= 0.6 is 11.8 Å². The zero-order valence-electron chi connectivity index (χ0n) is 13.6. The van der Waals surface area contributed by atoms with Crippen LogP contribution < -0.4 is 10.6 Å². The molecule has 122 valence electrons. The Bertz CT molecular complexity index is 318. The minimum absolute atomic E-state index is 0.317. The Kier molecular flexibility index (Phi) is 7.17. The van der Waals surface area contributed by atoms with Gasteiger partial charge < -0.3 is 15.4 Å². The number of guanidine groups is 1. The lowest BCUT2D eigenvalue weighted by atomic mass is 9.95. The Balaban J connectivity index is 1.82. The second-order valence-electron chi connectivity index (χ2n) is 6.13. The SMILES string of the molecule is CCSC1(CNC(=NC)NC2CCCCC2)CCOCC1. The molecule has 0 spiro atoms. The Labute approximate surface area is 133 Å². The van der Waals surface area contributed by atoms with Crippen LogP contribution in [0.25, 0.3) is 0 Å². The van der Waals surface area contributed by atoms with Gasteiger partial charge in [-0.1, -0.05) is 26.2 Å². The Morgan fingerprint density at radius 1 is 1.24 bits per heavy atom. The fraction of sp³-hybridized carbons (Fsp3) is 0.938. The van der Waals surface area contributed by atoms with Gasteiger partial charge in [0.25, 0.3) is 0 Å². The van der Waals surface area contributed by atoms with Gasteiger partial charge in [-0.2, -0.15) is 11.8 Å². The highest BCUT2D eigenvalue weighted by Crippen LogP contribution is 2.34. The third-order valence-corrected chi connectivity index (χ3v) is 6.06. The van der Waals surface area contributed by atoms with Gasteiger partial charge in [0.15, 0.2) is 5.96 Å². The van der Waals surface area contributed by atoms with Gasteiger partial charge in [-0.05, 0) is 31.4 Å². The molecule has 21 heavy (non-hydrogen) atoms. The molecule has 0 amide bonds. The Hall–Kier alpha value is -0.420. The molecule has 4 nitrogen and oxygen atoms in total. The number of rotatable bonds is 5. The van der Waals surface area contributed by atoms with Crippen LogP contribution in [-0.4, -0.2) is 49.3 Å². The van der Waals surface area contributed by atoms with Crippen LogP contribution in [0.15, 0.2) is 4.99 Å². The van der Waals surface area contributed by atoms with Gasteiger partial charge in [-0.3, -0.25) is 4.99 Å². The highest BCUT2D eigenvalue weighted by atomic mass is 32.2. The van der Waals surface area contributed by atoms with E-state index in [1.165, 1.54) is 32.1 Å². The molecule has 2 N–H and O–H groups in total. The molecule has 0 aromatic heterocycles. The number of hydrogen-bond donors (Lipinski definition) is 2. The number of thioether (sulfide) groups is 1. The van der Waals surface area contributed by atoms with Crippen LogP contribution in [0.3, 0.4) is 0 Å². The maximum Gasteiger partial charge on any atom is 0.191 e. The summed E-state index contributed by atoms with van der Waals surface area (Å²) in [5, 5.41) is 7.18. The van der Waals surface area contributed by atoms with E-state index in [2.05, 4.69) is 34.3 Å². The highest BCUT2D eigenvalue weighted by Gasteiger charge is 2.32. The number of nitrogens with zero attached hydrogens (tertiary/aromatic N) is 1. The van der Waals surface area contributed by atoms with E-state index in [0.717, 1.165) is 44.3 Å². The number of aliphatic imine (C=N–C) groups is 1. The first kappa shape index (κ1) is 16.9.